The number of amides is 1. The minimum Gasteiger partial charge on any atom is -0.339 e. The summed E-state index contributed by atoms with van der Waals surface area (Å²) >= 11 is 0. The number of aromatic nitrogens is 3. The van der Waals surface area contributed by atoms with E-state index in [4.69, 9.17) is 0 Å². The van der Waals surface area contributed by atoms with E-state index in [2.05, 4.69) is 29.0 Å². The molecule has 5 heteroatoms. The second kappa shape index (κ2) is 4.74. The van der Waals surface area contributed by atoms with Gasteiger partial charge in [0.1, 0.15) is 6.33 Å². The fourth-order valence-corrected chi connectivity index (χ4v) is 1.04. The molecule has 0 fully saturated rings. The van der Waals surface area contributed by atoms with Crippen LogP contribution in [-0.2, 0) is 0 Å². The van der Waals surface area contributed by atoms with Gasteiger partial charge in [-0.3, -0.25) is 9.89 Å². The molecule has 0 aliphatic heterocycles. The Bertz CT molecular complexity index is 281. The van der Waals surface area contributed by atoms with Crippen molar-refractivity contribution < 1.29 is 4.79 Å². The Balaban J connectivity index is 2.45. The number of H-pyrrole nitrogens is 1. The highest BCUT2D eigenvalue weighted by molar-refractivity contribution is 5.90. The summed E-state index contributed by atoms with van der Waals surface area (Å²) in [4.78, 5) is 17.1. The highest BCUT2D eigenvalue weighted by Gasteiger charge is 2.13. The molecule has 0 spiro atoms. The van der Waals surface area contributed by atoms with Crippen LogP contribution in [0.3, 0.4) is 0 Å². The smallest absolute Gasteiger partial charge is 0.290 e. The average molecular weight is 196 g/mol. The van der Waals surface area contributed by atoms with Gasteiger partial charge in [-0.15, -0.1) is 0 Å². The average Bonchev–Trinajstić information content (AvgIpc) is 2.65. The van der Waals surface area contributed by atoms with Crippen LogP contribution in [-0.4, -0.2) is 39.6 Å². The van der Waals surface area contributed by atoms with E-state index >= 15 is 0 Å². The lowest BCUT2D eigenvalue weighted by atomic mass is 10.1. The van der Waals surface area contributed by atoms with Gasteiger partial charge in [0.15, 0.2) is 0 Å². The molecule has 1 N–H and O–H groups in total. The Labute approximate surface area is 83.5 Å². The zero-order valence-electron chi connectivity index (χ0n) is 8.82. The van der Waals surface area contributed by atoms with Gasteiger partial charge in [-0.05, 0) is 12.3 Å². The topological polar surface area (TPSA) is 61.9 Å². The molecule has 1 rings (SSSR count). The predicted molar refractivity (Wildman–Crippen MR) is 52.8 cm³/mol. The number of carbonyl (C=O) groups excluding carboxylic acids is 1. The van der Waals surface area contributed by atoms with Crippen LogP contribution in [0, 0.1) is 5.92 Å². The maximum atomic E-state index is 11.6. The zero-order valence-corrected chi connectivity index (χ0v) is 8.82. The Morgan fingerprint density at radius 2 is 2.36 bits per heavy atom. The van der Waals surface area contributed by atoms with Gasteiger partial charge < -0.3 is 4.90 Å². The minimum absolute atomic E-state index is 0.108. The van der Waals surface area contributed by atoms with Crippen molar-refractivity contribution in [2.75, 3.05) is 13.6 Å². The van der Waals surface area contributed by atoms with Crippen molar-refractivity contribution in [2.24, 2.45) is 5.92 Å². The van der Waals surface area contributed by atoms with Crippen molar-refractivity contribution in [3.05, 3.63) is 12.2 Å². The molecule has 14 heavy (non-hydrogen) atoms. The summed E-state index contributed by atoms with van der Waals surface area (Å²) in [7, 11) is 1.77. The third-order valence-electron chi connectivity index (χ3n) is 2.01. The molecule has 0 unspecified atom stereocenters. The molecule has 0 aliphatic carbocycles. The summed E-state index contributed by atoms with van der Waals surface area (Å²) < 4.78 is 0. The van der Waals surface area contributed by atoms with Crippen LogP contribution in [0.5, 0.6) is 0 Å². The second-order valence-electron chi connectivity index (χ2n) is 3.74. The molecule has 5 nitrogen and oxygen atoms in total. The third kappa shape index (κ3) is 2.83. The van der Waals surface area contributed by atoms with Crippen molar-refractivity contribution in [3.8, 4) is 0 Å². The number of aromatic amines is 1. The van der Waals surface area contributed by atoms with Gasteiger partial charge in [0.2, 0.25) is 5.82 Å². The summed E-state index contributed by atoms with van der Waals surface area (Å²) in [6.07, 6.45) is 2.33. The van der Waals surface area contributed by atoms with Crippen molar-refractivity contribution >= 4 is 5.91 Å². The lowest BCUT2D eigenvalue weighted by Gasteiger charge is -2.16. The molecule has 78 valence electrons. The highest BCUT2D eigenvalue weighted by Crippen LogP contribution is 2.02. The van der Waals surface area contributed by atoms with Gasteiger partial charge in [-0.25, -0.2) is 4.98 Å². The number of nitrogens with one attached hydrogen (secondary N) is 1. The first-order chi connectivity index (χ1) is 6.61. The van der Waals surface area contributed by atoms with Crippen LogP contribution in [0.25, 0.3) is 0 Å². The van der Waals surface area contributed by atoms with Crippen LogP contribution in [0.2, 0.25) is 0 Å². The Kier molecular flexibility index (Phi) is 3.62. The van der Waals surface area contributed by atoms with Crippen LogP contribution >= 0.6 is 0 Å². The van der Waals surface area contributed by atoms with Gasteiger partial charge in [-0.1, -0.05) is 13.8 Å². The number of hydrogen-bond donors (Lipinski definition) is 1. The summed E-state index contributed by atoms with van der Waals surface area (Å²) in [6, 6.07) is 0. The van der Waals surface area contributed by atoms with Crippen molar-refractivity contribution in [3.63, 3.8) is 0 Å². The SMILES string of the molecule is CC(C)CCN(C)C(=O)c1ncn[nH]1. The van der Waals surface area contributed by atoms with Gasteiger partial charge in [0.25, 0.3) is 5.91 Å². The standard InChI is InChI=1S/C9H16N4O/c1-7(2)4-5-13(3)9(14)8-10-6-11-12-8/h6-7H,4-5H2,1-3H3,(H,10,11,12). The van der Waals surface area contributed by atoms with E-state index in [1.165, 1.54) is 6.33 Å². The molecule has 0 atom stereocenters. The first kappa shape index (κ1) is 10.7. The molecule has 0 aromatic carbocycles. The number of nitrogens with zero attached hydrogens (tertiary/aromatic N) is 3. The largest absolute Gasteiger partial charge is 0.339 e. The van der Waals surface area contributed by atoms with Crippen LogP contribution < -0.4 is 0 Å². The van der Waals surface area contributed by atoms with Crippen LogP contribution in [0.1, 0.15) is 30.9 Å². The van der Waals surface area contributed by atoms with E-state index in [-0.39, 0.29) is 5.91 Å². The molecule has 1 amide bonds. The molecule has 1 aromatic rings. The highest BCUT2D eigenvalue weighted by atomic mass is 16.2. The molecular weight excluding hydrogens is 180 g/mol. The van der Waals surface area contributed by atoms with Gasteiger partial charge in [0, 0.05) is 13.6 Å². The quantitative estimate of drug-likeness (QED) is 0.779. The van der Waals surface area contributed by atoms with Crippen LogP contribution in [0.15, 0.2) is 6.33 Å². The zero-order chi connectivity index (χ0) is 10.6. The van der Waals surface area contributed by atoms with E-state index in [0.29, 0.717) is 11.7 Å². The summed E-state index contributed by atoms with van der Waals surface area (Å²) in [5.41, 5.74) is 0. The van der Waals surface area contributed by atoms with E-state index in [1.54, 1.807) is 11.9 Å². The fourth-order valence-electron chi connectivity index (χ4n) is 1.04. The third-order valence-corrected chi connectivity index (χ3v) is 2.01. The normalized spacial score (nSPS) is 10.6. The van der Waals surface area contributed by atoms with E-state index < -0.39 is 0 Å². The molecule has 1 aromatic heterocycles. The second-order valence-corrected chi connectivity index (χ2v) is 3.74. The molecular formula is C9H16N4O. The maximum absolute atomic E-state index is 11.6. The molecule has 1 heterocycles. The number of rotatable bonds is 4. The van der Waals surface area contributed by atoms with E-state index in [1.807, 2.05) is 0 Å². The van der Waals surface area contributed by atoms with Crippen molar-refractivity contribution in [1.82, 2.24) is 20.1 Å². The van der Waals surface area contributed by atoms with Gasteiger partial charge in [-0.2, -0.15) is 5.10 Å². The fraction of sp³-hybridized carbons (Fsp3) is 0.667. The van der Waals surface area contributed by atoms with Crippen LogP contribution in [0.4, 0.5) is 0 Å². The number of hydrogen-bond acceptors (Lipinski definition) is 3. The first-order valence-corrected chi connectivity index (χ1v) is 4.72. The summed E-state index contributed by atoms with van der Waals surface area (Å²) in [6.45, 7) is 5.01. The lowest BCUT2D eigenvalue weighted by Crippen LogP contribution is -2.29. The molecule has 0 aliphatic rings. The minimum atomic E-state index is -0.108. The molecule has 0 bridgehead atoms. The Morgan fingerprint density at radius 3 is 2.86 bits per heavy atom. The Morgan fingerprint density at radius 1 is 1.64 bits per heavy atom. The summed E-state index contributed by atoms with van der Waals surface area (Å²) in [5, 5.41) is 6.19. The summed E-state index contributed by atoms with van der Waals surface area (Å²) in [5.74, 6) is 0.791. The number of carbonyl (C=O) groups is 1. The van der Waals surface area contributed by atoms with Crippen molar-refractivity contribution in [2.45, 2.75) is 20.3 Å². The predicted octanol–water partition coefficient (Wildman–Crippen LogP) is 0.923. The first-order valence-electron chi connectivity index (χ1n) is 4.72. The van der Waals surface area contributed by atoms with Gasteiger partial charge >= 0.3 is 0 Å². The van der Waals surface area contributed by atoms with E-state index in [0.717, 1.165) is 13.0 Å². The van der Waals surface area contributed by atoms with E-state index in [9.17, 15) is 4.79 Å². The van der Waals surface area contributed by atoms with Gasteiger partial charge in [0.05, 0.1) is 0 Å². The Hall–Kier alpha value is -1.39. The van der Waals surface area contributed by atoms with Crippen molar-refractivity contribution in [1.29, 1.82) is 0 Å². The molecule has 0 saturated heterocycles. The monoisotopic (exact) mass is 196 g/mol. The molecule has 0 radical (unpaired) electrons. The molecule has 0 saturated carbocycles. The maximum Gasteiger partial charge on any atom is 0.290 e. The lowest BCUT2D eigenvalue weighted by molar-refractivity contribution is 0.0777.